The molecule has 0 aromatic heterocycles. The zero-order valence-corrected chi connectivity index (χ0v) is 12.8. The van der Waals surface area contributed by atoms with Crippen molar-refractivity contribution in [3.63, 3.8) is 0 Å². The minimum atomic E-state index is 0.0941. The summed E-state index contributed by atoms with van der Waals surface area (Å²) in [6.07, 6.45) is 13.8. The first kappa shape index (κ1) is 17.8. The summed E-state index contributed by atoms with van der Waals surface area (Å²) in [4.78, 5) is 0. The predicted octanol–water partition coefficient (Wildman–Crippen LogP) is 4.63. The maximum Gasteiger partial charge on any atom is 0.161 e. The first-order valence-electron chi connectivity index (χ1n) is 7.57. The normalized spacial score (nSPS) is 10.6. The maximum atomic E-state index is 8.65. The van der Waals surface area contributed by atoms with E-state index in [2.05, 4.69) is 6.92 Å². The van der Waals surface area contributed by atoms with E-state index in [-0.39, 0.29) is 6.61 Å². The summed E-state index contributed by atoms with van der Waals surface area (Å²) in [6, 6.07) is 0. The van der Waals surface area contributed by atoms with E-state index >= 15 is 0 Å². The Morgan fingerprint density at radius 3 is 1.89 bits per heavy atom. The van der Waals surface area contributed by atoms with Gasteiger partial charge in [0, 0.05) is 6.42 Å². The maximum absolute atomic E-state index is 8.65. The van der Waals surface area contributed by atoms with Crippen LogP contribution in [0.5, 0.6) is 0 Å². The van der Waals surface area contributed by atoms with Gasteiger partial charge in [0.05, 0.1) is 13.2 Å². The minimum absolute atomic E-state index is 0.0941. The minimum Gasteiger partial charge on any atom is -0.487 e. The second-order valence-corrected chi connectivity index (χ2v) is 5.33. The fourth-order valence-electron chi connectivity index (χ4n) is 1.94. The molecule has 0 rings (SSSR count). The highest BCUT2D eigenvalue weighted by Gasteiger charge is 1.96. The van der Waals surface area contributed by atoms with Crippen molar-refractivity contribution in [2.24, 2.45) is 0 Å². The van der Waals surface area contributed by atoms with E-state index in [1.807, 2.05) is 0 Å². The molecule has 0 aromatic rings. The second-order valence-electron chi connectivity index (χ2n) is 4.88. The molecule has 108 valence electrons. The van der Waals surface area contributed by atoms with Crippen LogP contribution in [0.2, 0.25) is 0 Å². The Kier molecular flexibility index (Phi) is 14.8. The molecule has 0 spiro atoms. The third-order valence-electron chi connectivity index (χ3n) is 3.08. The molecular formula is C15H30O2S. The number of rotatable bonds is 13. The lowest BCUT2D eigenvalue weighted by Crippen LogP contribution is -2.05. The Morgan fingerprint density at radius 1 is 0.889 bits per heavy atom. The van der Waals surface area contributed by atoms with Crippen LogP contribution in [0.25, 0.3) is 0 Å². The average Bonchev–Trinajstić information content (AvgIpc) is 2.36. The van der Waals surface area contributed by atoms with Crippen molar-refractivity contribution in [3.05, 3.63) is 0 Å². The molecule has 0 amide bonds. The summed E-state index contributed by atoms with van der Waals surface area (Å²) in [5.74, 6) is 0. The van der Waals surface area contributed by atoms with Crippen molar-refractivity contribution >= 4 is 17.3 Å². The summed E-state index contributed by atoms with van der Waals surface area (Å²) in [5.41, 5.74) is 0. The number of unbranched alkanes of at least 4 members (excludes halogenated alkanes) is 9. The van der Waals surface area contributed by atoms with E-state index in [0.717, 1.165) is 13.0 Å². The average molecular weight is 274 g/mol. The molecule has 0 atom stereocenters. The molecule has 1 N–H and O–H groups in total. The van der Waals surface area contributed by atoms with Crippen molar-refractivity contribution in [1.29, 1.82) is 0 Å². The molecule has 0 bridgehead atoms. The fourth-order valence-corrected chi connectivity index (χ4v) is 2.11. The summed E-state index contributed by atoms with van der Waals surface area (Å²) in [7, 11) is 0. The first-order chi connectivity index (χ1) is 8.81. The summed E-state index contributed by atoms with van der Waals surface area (Å²) in [5, 5.41) is 9.20. The quantitative estimate of drug-likeness (QED) is 0.392. The Balaban J connectivity index is 3.01. The van der Waals surface area contributed by atoms with Crippen molar-refractivity contribution in [1.82, 2.24) is 0 Å². The lowest BCUT2D eigenvalue weighted by molar-refractivity contribution is 0.264. The van der Waals surface area contributed by atoms with Gasteiger partial charge in [-0.2, -0.15) is 0 Å². The van der Waals surface area contributed by atoms with Crippen molar-refractivity contribution in [2.45, 2.75) is 77.6 Å². The topological polar surface area (TPSA) is 29.5 Å². The molecule has 0 saturated heterocycles. The molecule has 0 saturated carbocycles. The van der Waals surface area contributed by atoms with Crippen LogP contribution in [-0.2, 0) is 4.74 Å². The number of ether oxygens (including phenoxy) is 1. The van der Waals surface area contributed by atoms with Gasteiger partial charge in [0.1, 0.15) is 0 Å². The van der Waals surface area contributed by atoms with Crippen molar-refractivity contribution in [3.8, 4) is 0 Å². The summed E-state index contributed by atoms with van der Waals surface area (Å²) >= 11 is 4.94. The molecule has 0 fully saturated rings. The van der Waals surface area contributed by atoms with Gasteiger partial charge in [0.25, 0.3) is 0 Å². The van der Waals surface area contributed by atoms with E-state index in [0.29, 0.717) is 11.5 Å². The molecular weight excluding hydrogens is 244 g/mol. The van der Waals surface area contributed by atoms with Crippen molar-refractivity contribution in [2.75, 3.05) is 13.2 Å². The molecule has 0 heterocycles. The van der Waals surface area contributed by atoms with Crippen LogP contribution in [-0.4, -0.2) is 23.4 Å². The van der Waals surface area contributed by atoms with Gasteiger partial charge in [-0.3, -0.25) is 0 Å². The van der Waals surface area contributed by atoms with E-state index in [1.165, 1.54) is 57.8 Å². The second kappa shape index (κ2) is 14.9. The molecule has 0 aliphatic heterocycles. The lowest BCUT2D eigenvalue weighted by Gasteiger charge is -2.06. The van der Waals surface area contributed by atoms with Gasteiger partial charge in [0.15, 0.2) is 5.05 Å². The zero-order valence-electron chi connectivity index (χ0n) is 12.0. The highest BCUT2D eigenvalue weighted by atomic mass is 32.1. The molecule has 2 nitrogen and oxygen atoms in total. The Labute approximate surface area is 118 Å². The zero-order chi connectivity index (χ0) is 13.5. The van der Waals surface area contributed by atoms with Crippen LogP contribution in [0.4, 0.5) is 0 Å². The standard InChI is InChI=1S/C15H30O2S/c1-2-3-4-5-6-7-8-9-10-11-14-17-15(18)12-13-16/h16H,2-14H2,1H3. The van der Waals surface area contributed by atoms with E-state index < -0.39 is 0 Å². The number of aliphatic hydroxyl groups excluding tert-OH is 1. The Bertz CT molecular complexity index is 183. The first-order valence-corrected chi connectivity index (χ1v) is 7.98. The molecule has 18 heavy (non-hydrogen) atoms. The Morgan fingerprint density at radius 2 is 1.39 bits per heavy atom. The molecule has 0 unspecified atom stereocenters. The number of hydrogen-bond donors (Lipinski definition) is 1. The van der Waals surface area contributed by atoms with Crippen LogP contribution in [0, 0.1) is 0 Å². The smallest absolute Gasteiger partial charge is 0.161 e. The fraction of sp³-hybridized carbons (Fsp3) is 0.933. The third-order valence-corrected chi connectivity index (χ3v) is 3.40. The van der Waals surface area contributed by atoms with E-state index in [1.54, 1.807) is 0 Å². The highest BCUT2D eigenvalue weighted by molar-refractivity contribution is 7.80. The molecule has 0 aliphatic rings. The monoisotopic (exact) mass is 274 g/mol. The molecule has 0 radical (unpaired) electrons. The van der Waals surface area contributed by atoms with Gasteiger partial charge >= 0.3 is 0 Å². The largest absolute Gasteiger partial charge is 0.487 e. The van der Waals surface area contributed by atoms with Crippen LogP contribution in [0.15, 0.2) is 0 Å². The SMILES string of the molecule is CCCCCCCCCCCCOC(=S)CCO. The van der Waals surface area contributed by atoms with Crippen LogP contribution < -0.4 is 0 Å². The van der Waals surface area contributed by atoms with Crippen molar-refractivity contribution < 1.29 is 9.84 Å². The van der Waals surface area contributed by atoms with Gasteiger partial charge in [0.2, 0.25) is 0 Å². The highest BCUT2D eigenvalue weighted by Crippen LogP contribution is 2.10. The Hall–Kier alpha value is -0.150. The molecule has 3 heteroatoms. The third kappa shape index (κ3) is 13.9. The van der Waals surface area contributed by atoms with Gasteiger partial charge in [-0.25, -0.2) is 0 Å². The van der Waals surface area contributed by atoms with Crippen LogP contribution in [0.3, 0.4) is 0 Å². The molecule has 0 aliphatic carbocycles. The number of hydrogen-bond acceptors (Lipinski definition) is 3. The van der Waals surface area contributed by atoms with E-state index in [9.17, 15) is 0 Å². The number of aliphatic hydroxyl groups is 1. The van der Waals surface area contributed by atoms with Gasteiger partial charge in [-0.05, 0) is 18.6 Å². The van der Waals surface area contributed by atoms with Gasteiger partial charge in [-0.1, -0.05) is 64.7 Å². The van der Waals surface area contributed by atoms with Crippen LogP contribution in [0.1, 0.15) is 77.6 Å². The molecule has 0 aromatic carbocycles. The number of thiocarbonyl (C=S) groups is 1. The summed E-state index contributed by atoms with van der Waals surface area (Å²) in [6.45, 7) is 3.07. The van der Waals surface area contributed by atoms with E-state index in [4.69, 9.17) is 22.1 Å². The summed E-state index contributed by atoms with van der Waals surface area (Å²) < 4.78 is 5.33. The van der Waals surface area contributed by atoms with Gasteiger partial charge < -0.3 is 9.84 Å². The predicted molar refractivity (Wildman–Crippen MR) is 82.1 cm³/mol. The van der Waals surface area contributed by atoms with Gasteiger partial charge in [-0.15, -0.1) is 0 Å². The lowest BCUT2D eigenvalue weighted by atomic mass is 10.1. The van der Waals surface area contributed by atoms with Crippen LogP contribution >= 0.6 is 12.2 Å².